The van der Waals surface area contributed by atoms with Crippen LogP contribution in [0.25, 0.3) is 0 Å². The van der Waals surface area contributed by atoms with Crippen molar-refractivity contribution in [3.8, 4) is 0 Å². The van der Waals surface area contributed by atoms with Gasteiger partial charge < -0.3 is 9.47 Å². The fourth-order valence-corrected chi connectivity index (χ4v) is 1.39. The lowest BCUT2D eigenvalue weighted by Crippen LogP contribution is -2.23. The van der Waals surface area contributed by atoms with E-state index in [4.69, 9.17) is 4.74 Å². The van der Waals surface area contributed by atoms with Crippen LogP contribution in [0, 0.1) is 5.41 Å². The van der Waals surface area contributed by atoms with Crippen molar-refractivity contribution >= 4 is 11.9 Å². The summed E-state index contributed by atoms with van der Waals surface area (Å²) >= 11 is 0. The van der Waals surface area contributed by atoms with E-state index in [0.717, 1.165) is 32.1 Å². The van der Waals surface area contributed by atoms with Gasteiger partial charge in [0.25, 0.3) is 0 Å². The predicted molar refractivity (Wildman–Crippen MR) is 70.1 cm³/mol. The fourth-order valence-electron chi connectivity index (χ4n) is 1.39. The van der Waals surface area contributed by atoms with E-state index < -0.39 is 5.41 Å². The summed E-state index contributed by atoms with van der Waals surface area (Å²) in [6.45, 7) is 6.04. The van der Waals surface area contributed by atoms with Crippen molar-refractivity contribution < 1.29 is 19.1 Å². The van der Waals surface area contributed by atoms with Gasteiger partial charge in [-0.2, -0.15) is 0 Å². The van der Waals surface area contributed by atoms with Gasteiger partial charge in [-0.1, -0.05) is 19.3 Å². The lowest BCUT2D eigenvalue weighted by Gasteiger charge is -2.16. The largest absolute Gasteiger partial charge is 0.469 e. The topological polar surface area (TPSA) is 52.6 Å². The van der Waals surface area contributed by atoms with Gasteiger partial charge in [0.05, 0.1) is 19.1 Å². The maximum atomic E-state index is 11.4. The Hall–Kier alpha value is -1.06. The van der Waals surface area contributed by atoms with Gasteiger partial charge in [-0.3, -0.25) is 9.59 Å². The van der Waals surface area contributed by atoms with Crippen molar-refractivity contribution in [2.45, 2.75) is 59.3 Å². The van der Waals surface area contributed by atoms with E-state index in [1.807, 2.05) is 20.8 Å². The fraction of sp³-hybridized carbons (Fsp3) is 0.857. The first kappa shape index (κ1) is 16.9. The molecule has 0 aliphatic carbocycles. The molecule has 0 aromatic heterocycles. The van der Waals surface area contributed by atoms with Crippen molar-refractivity contribution in [1.82, 2.24) is 0 Å². The minimum Gasteiger partial charge on any atom is -0.469 e. The number of ether oxygens (including phenoxy) is 2. The van der Waals surface area contributed by atoms with Crippen LogP contribution < -0.4 is 0 Å². The maximum Gasteiger partial charge on any atom is 0.311 e. The van der Waals surface area contributed by atoms with Gasteiger partial charge in [-0.15, -0.1) is 0 Å². The van der Waals surface area contributed by atoms with E-state index >= 15 is 0 Å². The van der Waals surface area contributed by atoms with Crippen LogP contribution in [0.15, 0.2) is 0 Å². The molecule has 0 aliphatic heterocycles. The Kier molecular flexibility index (Phi) is 8.42. The highest BCUT2D eigenvalue weighted by Gasteiger charge is 2.22. The Morgan fingerprint density at radius 1 is 0.944 bits per heavy atom. The van der Waals surface area contributed by atoms with E-state index in [0.29, 0.717) is 13.0 Å². The molecule has 4 heteroatoms. The van der Waals surface area contributed by atoms with Crippen LogP contribution in [0.1, 0.15) is 59.3 Å². The van der Waals surface area contributed by atoms with Crippen LogP contribution in [0.5, 0.6) is 0 Å². The van der Waals surface area contributed by atoms with Gasteiger partial charge >= 0.3 is 11.9 Å². The predicted octanol–water partition coefficient (Wildman–Crippen LogP) is 3.09. The first-order valence-corrected chi connectivity index (χ1v) is 6.62. The molecule has 0 heterocycles. The molecule has 0 saturated heterocycles. The molecule has 0 fully saturated rings. The van der Waals surface area contributed by atoms with E-state index in [9.17, 15) is 9.59 Å². The van der Waals surface area contributed by atoms with Gasteiger partial charge in [-0.25, -0.2) is 0 Å². The molecule has 0 aromatic rings. The molecule has 0 bridgehead atoms. The number of hydrogen-bond donors (Lipinski definition) is 0. The second-order valence-corrected chi connectivity index (χ2v) is 5.48. The minimum atomic E-state index is -0.416. The van der Waals surface area contributed by atoms with Crippen LogP contribution in [0.3, 0.4) is 0 Å². The highest BCUT2D eigenvalue weighted by atomic mass is 16.5. The zero-order valence-electron chi connectivity index (χ0n) is 12.1. The highest BCUT2D eigenvalue weighted by Crippen LogP contribution is 2.15. The van der Waals surface area contributed by atoms with Gasteiger partial charge in [-0.05, 0) is 33.6 Å². The minimum absolute atomic E-state index is 0.144. The molecule has 18 heavy (non-hydrogen) atoms. The van der Waals surface area contributed by atoms with Crippen molar-refractivity contribution in [2.24, 2.45) is 5.41 Å². The number of esters is 2. The molecule has 0 atom stereocenters. The first-order valence-electron chi connectivity index (χ1n) is 6.62. The second-order valence-electron chi connectivity index (χ2n) is 5.48. The Labute approximate surface area is 110 Å². The molecule has 0 spiro atoms. The standard InChI is InChI=1S/C14H26O4/c1-14(2,3)13(16)18-11-9-7-5-6-8-10-12(15)17-4/h5-11H2,1-4H3. The van der Waals surface area contributed by atoms with Crippen LogP contribution in [0.4, 0.5) is 0 Å². The number of rotatable bonds is 8. The van der Waals surface area contributed by atoms with Crippen molar-refractivity contribution in [1.29, 1.82) is 0 Å². The third kappa shape index (κ3) is 9.02. The molecule has 0 amide bonds. The number of carbonyl (C=O) groups is 2. The molecule has 0 aliphatic rings. The summed E-state index contributed by atoms with van der Waals surface area (Å²) in [5.41, 5.74) is -0.416. The smallest absolute Gasteiger partial charge is 0.311 e. The van der Waals surface area contributed by atoms with Gasteiger partial charge in [0.15, 0.2) is 0 Å². The Morgan fingerprint density at radius 2 is 1.50 bits per heavy atom. The SMILES string of the molecule is COC(=O)CCCCCCCOC(=O)C(C)(C)C. The van der Waals surface area contributed by atoms with Gasteiger partial charge in [0.1, 0.15) is 0 Å². The third-order valence-corrected chi connectivity index (χ3v) is 2.60. The molecule has 106 valence electrons. The molecule has 0 unspecified atom stereocenters. The van der Waals surface area contributed by atoms with E-state index in [1.54, 1.807) is 0 Å². The number of carbonyl (C=O) groups excluding carboxylic acids is 2. The summed E-state index contributed by atoms with van der Waals surface area (Å²) in [5.74, 6) is -0.290. The third-order valence-electron chi connectivity index (χ3n) is 2.60. The van der Waals surface area contributed by atoms with Crippen molar-refractivity contribution in [2.75, 3.05) is 13.7 Å². The lowest BCUT2D eigenvalue weighted by molar-refractivity contribution is -0.153. The molecular formula is C14H26O4. The first-order chi connectivity index (χ1) is 8.38. The summed E-state index contributed by atoms with van der Waals surface area (Å²) < 4.78 is 9.71. The normalized spacial score (nSPS) is 11.1. The molecule has 4 nitrogen and oxygen atoms in total. The van der Waals surface area contributed by atoms with E-state index in [1.165, 1.54) is 7.11 Å². The van der Waals surface area contributed by atoms with Gasteiger partial charge in [0.2, 0.25) is 0 Å². The Bertz CT molecular complexity index is 253. The van der Waals surface area contributed by atoms with Crippen molar-refractivity contribution in [3.05, 3.63) is 0 Å². The monoisotopic (exact) mass is 258 g/mol. The lowest BCUT2D eigenvalue weighted by atomic mass is 9.97. The van der Waals surface area contributed by atoms with Gasteiger partial charge in [0, 0.05) is 6.42 Å². The number of hydrogen-bond acceptors (Lipinski definition) is 4. The number of unbranched alkanes of at least 4 members (excludes halogenated alkanes) is 4. The quantitative estimate of drug-likeness (QED) is 0.496. The van der Waals surface area contributed by atoms with Crippen LogP contribution >= 0.6 is 0 Å². The molecule has 0 radical (unpaired) electrons. The Morgan fingerprint density at radius 3 is 2.06 bits per heavy atom. The molecule has 0 saturated carbocycles. The number of methoxy groups -OCH3 is 1. The second kappa shape index (κ2) is 8.95. The zero-order valence-corrected chi connectivity index (χ0v) is 12.1. The summed E-state index contributed by atoms with van der Waals surface area (Å²) in [6, 6.07) is 0. The summed E-state index contributed by atoms with van der Waals surface area (Å²) in [6.07, 6.45) is 5.36. The summed E-state index contributed by atoms with van der Waals surface area (Å²) in [4.78, 5) is 22.3. The molecular weight excluding hydrogens is 232 g/mol. The molecule has 0 N–H and O–H groups in total. The highest BCUT2D eigenvalue weighted by molar-refractivity contribution is 5.75. The molecule has 0 aromatic carbocycles. The van der Waals surface area contributed by atoms with Crippen LogP contribution in [-0.2, 0) is 19.1 Å². The van der Waals surface area contributed by atoms with Crippen molar-refractivity contribution in [3.63, 3.8) is 0 Å². The Balaban J connectivity index is 3.32. The summed E-state index contributed by atoms with van der Waals surface area (Å²) in [7, 11) is 1.41. The maximum absolute atomic E-state index is 11.4. The molecule has 0 rings (SSSR count). The zero-order chi connectivity index (χ0) is 14.0. The average molecular weight is 258 g/mol. The van der Waals surface area contributed by atoms with Crippen LogP contribution in [-0.4, -0.2) is 25.7 Å². The summed E-state index contributed by atoms with van der Waals surface area (Å²) in [5, 5.41) is 0. The van der Waals surface area contributed by atoms with E-state index in [2.05, 4.69) is 4.74 Å². The van der Waals surface area contributed by atoms with E-state index in [-0.39, 0.29) is 11.9 Å². The van der Waals surface area contributed by atoms with Crippen LogP contribution in [0.2, 0.25) is 0 Å². The average Bonchev–Trinajstić information content (AvgIpc) is 2.30.